The van der Waals surface area contributed by atoms with Gasteiger partial charge in [-0.15, -0.1) is 0 Å². The van der Waals surface area contributed by atoms with E-state index in [0.717, 1.165) is 89.9 Å². The molecule has 6 nitrogen and oxygen atoms in total. The SMILES string of the molecule is CC/C=C\C/C=C\C/C=C\CCCCCC(=O)OCC(COC(=O)CCCCCCCCCCCCCCCCCCCCCCCCCCCCCCCCCCC)OC(=O)CCCCCCCCCCC/C=C\C/C=C\CCCCC. The molecule has 1 unspecified atom stereocenters. The van der Waals surface area contributed by atoms with Gasteiger partial charge >= 0.3 is 17.9 Å². The highest BCUT2D eigenvalue weighted by atomic mass is 16.6. The van der Waals surface area contributed by atoms with Crippen LogP contribution in [0.1, 0.15) is 393 Å². The van der Waals surface area contributed by atoms with Crippen molar-refractivity contribution in [2.45, 2.75) is 399 Å². The van der Waals surface area contributed by atoms with Gasteiger partial charge in [-0.05, 0) is 83.5 Å². The van der Waals surface area contributed by atoms with Gasteiger partial charge in [0.05, 0.1) is 0 Å². The van der Waals surface area contributed by atoms with Crippen LogP contribution in [0.3, 0.4) is 0 Å². The standard InChI is InChI=1S/C77H140O6/c1-4-7-10-13-16-19-22-25-27-29-31-32-33-34-35-36-37-38-39-40-41-42-43-44-46-47-49-52-55-58-61-64-67-70-76(79)82-73-74(72-81-75(78)69-66-63-60-57-54-51-24-21-18-15-12-9-6-3)83-77(80)71-68-65-62-59-56-53-50-48-45-30-28-26-23-20-17-14-11-8-5-2/h9,12,17-18,20-21,26,28,51,54,74H,4-8,10-11,13-16,19,22-25,27,29-50,52-53,55-73H2,1-3H3/b12-9-,20-17-,21-18-,28-26-,54-51-. The fraction of sp³-hybridized carbons (Fsp3) is 0.831. The Labute approximate surface area is 517 Å². The van der Waals surface area contributed by atoms with Gasteiger partial charge in [-0.1, -0.05) is 351 Å². The summed E-state index contributed by atoms with van der Waals surface area (Å²) in [6.45, 7) is 6.53. The summed E-state index contributed by atoms with van der Waals surface area (Å²) < 4.78 is 16.9. The van der Waals surface area contributed by atoms with Gasteiger partial charge in [0, 0.05) is 19.3 Å². The number of ether oxygens (including phenoxy) is 3. The third-order valence-electron chi connectivity index (χ3n) is 16.5. The molecule has 0 aromatic carbocycles. The van der Waals surface area contributed by atoms with Crippen LogP contribution in [0.4, 0.5) is 0 Å². The number of hydrogen-bond donors (Lipinski definition) is 0. The van der Waals surface area contributed by atoms with E-state index in [-0.39, 0.29) is 31.1 Å². The third-order valence-corrected chi connectivity index (χ3v) is 16.5. The zero-order chi connectivity index (χ0) is 59.9. The largest absolute Gasteiger partial charge is 0.462 e. The van der Waals surface area contributed by atoms with Crippen LogP contribution < -0.4 is 0 Å². The number of unbranched alkanes of at least 4 members (excludes halogenated alkanes) is 47. The van der Waals surface area contributed by atoms with Crippen LogP contribution in [0.15, 0.2) is 60.8 Å². The molecule has 83 heavy (non-hydrogen) atoms. The van der Waals surface area contributed by atoms with Gasteiger partial charge in [0.25, 0.3) is 0 Å². The second-order valence-corrected chi connectivity index (χ2v) is 24.8. The predicted octanol–water partition coefficient (Wildman–Crippen LogP) is 25.5. The first-order chi connectivity index (χ1) is 41.0. The van der Waals surface area contributed by atoms with Crippen molar-refractivity contribution in [3.05, 3.63) is 60.8 Å². The van der Waals surface area contributed by atoms with Crippen LogP contribution in [-0.4, -0.2) is 37.2 Å². The average molecular weight is 1160 g/mol. The van der Waals surface area contributed by atoms with Crippen LogP contribution in [0.5, 0.6) is 0 Å². The monoisotopic (exact) mass is 1160 g/mol. The molecule has 0 aromatic rings. The number of allylic oxidation sites excluding steroid dienone is 10. The van der Waals surface area contributed by atoms with E-state index in [0.29, 0.717) is 19.3 Å². The lowest BCUT2D eigenvalue weighted by Crippen LogP contribution is -2.30. The third kappa shape index (κ3) is 69.8. The lowest BCUT2D eigenvalue weighted by molar-refractivity contribution is -0.167. The minimum absolute atomic E-state index is 0.0821. The summed E-state index contributed by atoms with van der Waals surface area (Å²) in [5, 5.41) is 0. The van der Waals surface area contributed by atoms with E-state index in [2.05, 4.69) is 81.5 Å². The zero-order valence-electron chi connectivity index (χ0n) is 55.7. The van der Waals surface area contributed by atoms with E-state index < -0.39 is 6.10 Å². The topological polar surface area (TPSA) is 78.9 Å². The molecular formula is C77H140O6. The lowest BCUT2D eigenvalue weighted by Gasteiger charge is -2.18. The van der Waals surface area contributed by atoms with Gasteiger partial charge in [0.1, 0.15) is 13.2 Å². The fourth-order valence-corrected chi connectivity index (χ4v) is 11.0. The van der Waals surface area contributed by atoms with E-state index in [1.165, 1.54) is 263 Å². The zero-order valence-corrected chi connectivity index (χ0v) is 55.7. The van der Waals surface area contributed by atoms with Gasteiger partial charge in [0.15, 0.2) is 6.10 Å². The molecule has 0 radical (unpaired) electrons. The normalized spacial score (nSPS) is 12.4. The van der Waals surface area contributed by atoms with Gasteiger partial charge in [-0.25, -0.2) is 0 Å². The summed E-state index contributed by atoms with van der Waals surface area (Å²) in [4.78, 5) is 38.4. The van der Waals surface area contributed by atoms with Crippen molar-refractivity contribution in [3.8, 4) is 0 Å². The number of rotatable bonds is 68. The quantitative estimate of drug-likeness (QED) is 0.0261. The maximum Gasteiger partial charge on any atom is 0.306 e. The Hall–Kier alpha value is -2.89. The highest BCUT2D eigenvalue weighted by molar-refractivity contribution is 5.71. The molecule has 0 aromatic heterocycles. The van der Waals surface area contributed by atoms with E-state index in [1.54, 1.807) is 0 Å². The molecule has 0 amide bonds. The molecule has 484 valence electrons. The van der Waals surface area contributed by atoms with Crippen LogP contribution in [0, 0.1) is 0 Å². The number of esters is 3. The predicted molar refractivity (Wildman–Crippen MR) is 362 cm³/mol. The Morgan fingerprint density at radius 1 is 0.253 bits per heavy atom. The van der Waals surface area contributed by atoms with E-state index in [9.17, 15) is 14.4 Å². The van der Waals surface area contributed by atoms with Crippen molar-refractivity contribution in [2.24, 2.45) is 0 Å². The Kier molecular flexibility index (Phi) is 69.1. The molecule has 6 heteroatoms. The molecular weight excluding hydrogens is 1020 g/mol. The van der Waals surface area contributed by atoms with E-state index in [1.807, 2.05) is 0 Å². The fourth-order valence-electron chi connectivity index (χ4n) is 11.0. The minimum Gasteiger partial charge on any atom is -0.462 e. The van der Waals surface area contributed by atoms with Gasteiger partial charge < -0.3 is 14.2 Å². The molecule has 0 aliphatic carbocycles. The van der Waals surface area contributed by atoms with Crippen molar-refractivity contribution in [3.63, 3.8) is 0 Å². The molecule has 0 saturated carbocycles. The Bertz CT molecular complexity index is 1470. The summed E-state index contributed by atoms with van der Waals surface area (Å²) >= 11 is 0. The molecule has 0 spiro atoms. The molecule has 0 fully saturated rings. The Morgan fingerprint density at radius 2 is 0.470 bits per heavy atom. The number of hydrogen-bond acceptors (Lipinski definition) is 6. The second-order valence-electron chi connectivity index (χ2n) is 24.8. The maximum absolute atomic E-state index is 12.9. The lowest BCUT2D eigenvalue weighted by atomic mass is 10.0. The molecule has 0 bridgehead atoms. The van der Waals surface area contributed by atoms with Crippen LogP contribution >= 0.6 is 0 Å². The molecule has 0 rings (SSSR count). The van der Waals surface area contributed by atoms with E-state index >= 15 is 0 Å². The van der Waals surface area contributed by atoms with Gasteiger partial charge in [-0.2, -0.15) is 0 Å². The summed E-state index contributed by atoms with van der Waals surface area (Å²) in [6, 6.07) is 0. The first-order valence-electron chi connectivity index (χ1n) is 36.8. The molecule has 0 N–H and O–H groups in total. The van der Waals surface area contributed by atoms with Gasteiger partial charge in [0.2, 0.25) is 0 Å². The summed E-state index contributed by atoms with van der Waals surface area (Å²) in [6.07, 6.45) is 92.9. The average Bonchev–Trinajstić information content (AvgIpc) is 3.49. The number of carbonyl (C=O) groups is 3. The molecule has 0 aliphatic rings. The first-order valence-corrected chi connectivity index (χ1v) is 36.8. The summed E-state index contributed by atoms with van der Waals surface area (Å²) in [7, 11) is 0. The number of carbonyl (C=O) groups excluding carboxylic acids is 3. The minimum atomic E-state index is -0.789. The first kappa shape index (κ1) is 80.1. The van der Waals surface area contributed by atoms with Crippen LogP contribution in [0.2, 0.25) is 0 Å². The maximum atomic E-state index is 12.9. The smallest absolute Gasteiger partial charge is 0.306 e. The summed E-state index contributed by atoms with van der Waals surface area (Å²) in [5.74, 6) is -0.895. The Balaban J connectivity index is 4.13. The highest BCUT2D eigenvalue weighted by Gasteiger charge is 2.19. The van der Waals surface area contributed by atoms with E-state index in [4.69, 9.17) is 14.2 Å². The molecule has 0 aliphatic heterocycles. The summed E-state index contributed by atoms with van der Waals surface area (Å²) in [5.41, 5.74) is 0. The second kappa shape index (κ2) is 71.6. The van der Waals surface area contributed by atoms with Gasteiger partial charge in [-0.3, -0.25) is 14.4 Å². The molecule has 0 heterocycles. The van der Waals surface area contributed by atoms with Crippen LogP contribution in [0.25, 0.3) is 0 Å². The van der Waals surface area contributed by atoms with Crippen molar-refractivity contribution >= 4 is 17.9 Å². The van der Waals surface area contributed by atoms with Crippen molar-refractivity contribution in [1.82, 2.24) is 0 Å². The van der Waals surface area contributed by atoms with Crippen LogP contribution in [-0.2, 0) is 28.6 Å². The highest BCUT2D eigenvalue weighted by Crippen LogP contribution is 2.19. The van der Waals surface area contributed by atoms with Crippen molar-refractivity contribution < 1.29 is 28.6 Å². The van der Waals surface area contributed by atoms with Crippen molar-refractivity contribution in [2.75, 3.05) is 13.2 Å². The Morgan fingerprint density at radius 3 is 0.771 bits per heavy atom. The van der Waals surface area contributed by atoms with Crippen molar-refractivity contribution in [1.29, 1.82) is 0 Å². The molecule has 1 atom stereocenters. The molecule has 0 saturated heterocycles.